The van der Waals surface area contributed by atoms with Crippen molar-refractivity contribution in [2.24, 2.45) is 5.73 Å². The Kier molecular flexibility index (Phi) is 1.62. The molecule has 5 nitrogen and oxygen atoms in total. The van der Waals surface area contributed by atoms with Gasteiger partial charge in [0.1, 0.15) is 5.56 Å². The number of aromatic amines is 1. The van der Waals surface area contributed by atoms with Gasteiger partial charge in [0.2, 0.25) is 0 Å². The highest BCUT2D eigenvalue weighted by atomic mass is 16.1. The summed E-state index contributed by atoms with van der Waals surface area (Å²) in [5, 5.41) is 3.18. The number of carbonyl (C=O) groups excluding carboxylic acids is 1. The minimum atomic E-state index is -0.394. The predicted molar refractivity (Wildman–Crippen MR) is 54.7 cm³/mol. The van der Waals surface area contributed by atoms with Crippen LogP contribution >= 0.6 is 0 Å². The summed E-state index contributed by atoms with van der Waals surface area (Å²) >= 11 is 0. The van der Waals surface area contributed by atoms with E-state index in [2.05, 4.69) is 10.1 Å². The van der Waals surface area contributed by atoms with Crippen molar-refractivity contribution in [2.75, 3.05) is 0 Å². The van der Waals surface area contributed by atoms with Gasteiger partial charge >= 0.3 is 0 Å². The van der Waals surface area contributed by atoms with Crippen LogP contribution in [0.5, 0.6) is 0 Å². The number of carbonyl (C=O) groups is 1. The highest BCUT2D eigenvalue weighted by Gasteiger charge is 2.28. The normalized spacial score (nSPS) is 16.8. The lowest BCUT2D eigenvalue weighted by atomic mass is 9.81. The minimum Gasteiger partial charge on any atom is -0.365 e. The number of hydrogen-bond donors (Lipinski definition) is 2. The Morgan fingerprint density at radius 2 is 2.40 bits per heavy atom. The monoisotopic (exact) mass is 204 g/mol. The van der Waals surface area contributed by atoms with Gasteiger partial charge in [0.05, 0.1) is 5.69 Å². The molecule has 3 rings (SSSR count). The summed E-state index contributed by atoms with van der Waals surface area (Å²) in [6.45, 7) is 0. The summed E-state index contributed by atoms with van der Waals surface area (Å²) in [5.41, 5.74) is 7.55. The van der Waals surface area contributed by atoms with Gasteiger partial charge in [-0.3, -0.25) is 9.89 Å². The van der Waals surface area contributed by atoms with Crippen LogP contribution in [0.3, 0.4) is 0 Å². The lowest BCUT2D eigenvalue weighted by Crippen LogP contribution is -2.18. The van der Waals surface area contributed by atoms with E-state index in [4.69, 9.17) is 5.73 Å². The Labute approximate surface area is 86.3 Å². The molecule has 0 spiro atoms. The molecule has 0 unspecified atom stereocenters. The SMILES string of the molecule is NC(=O)c1c(C2CCC2)[nH]n2ccnc12. The van der Waals surface area contributed by atoms with Crippen LogP contribution in [0.2, 0.25) is 0 Å². The fourth-order valence-electron chi connectivity index (χ4n) is 2.12. The lowest BCUT2D eigenvalue weighted by molar-refractivity contribution is 0.0999. The van der Waals surface area contributed by atoms with Crippen molar-refractivity contribution in [1.29, 1.82) is 0 Å². The van der Waals surface area contributed by atoms with Crippen LogP contribution in [-0.4, -0.2) is 20.5 Å². The molecule has 2 heterocycles. The number of nitrogens with one attached hydrogen (secondary N) is 1. The topological polar surface area (TPSA) is 76.2 Å². The standard InChI is InChI=1S/C10H12N4O/c11-9(15)7-8(6-2-1-3-6)13-14-5-4-12-10(7)14/h4-6,13H,1-3H2,(H2,11,15). The molecule has 2 aromatic heterocycles. The second-order valence-electron chi connectivity index (χ2n) is 4.01. The zero-order valence-corrected chi connectivity index (χ0v) is 8.23. The van der Waals surface area contributed by atoms with Crippen LogP contribution in [0, 0.1) is 0 Å². The smallest absolute Gasteiger partial charge is 0.254 e. The van der Waals surface area contributed by atoms with Crippen molar-refractivity contribution < 1.29 is 4.79 Å². The number of amides is 1. The van der Waals surface area contributed by atoms with Gasteiger partial charge in [-0.25, -0.2) is 9.50 Å². The third-order valence-corrected chi connectivity index (χ3v) is 3.13. The number of imidazole rings is 1. The van der Waals surface area contributed by atoms with E-state index in [0.29, 0.717) is 17.1 Å². The molecular formula is C10H12N4O. The van der Waals surface area contributed by atoms with Gasteiger partial charge in [-0.05, 0) is 12.8 Å². The Hall–Kier alpha value is -1.78. The third-order valence-electron chi connectivity index (χ3n) is 3.13. The summed E-state index contributed by atoms with van der Waals surface area (Å²) in [4.78, 5) is 15.5. The number of nitrogens with two attached hydrogens (primary N) is 1. The van der Waals surface area contributed by atoms with Crippen molar-refractivity contribution in [3.8, 4) is 0 Å². The molecule has 15 heavy (non-hydrogen) atoms. The Balaban J connectivity index is 2.22. The molecule has 5 heteroatoms. The number of hydrogen-bond acceptors (Lipinski definition) is 2. The molecule has 0 bridgehead atoms. The largest absolute Gasteiger partial charge is 0.365 e. The second-order valence-corrected chi connectivity index (χ2v) is 4.01. The third kappa shape index (κ3) is 1.09. The molecule has 0 atom stereocenters. The van der Waals surface area contributed by atoms with E-state index in [9.17, 15) is 4.79 Å². The van der Waals surface area contributed by atoms with Crippen LogP contribution in [0.15, 0.2) is 12.4 Å². The number of aromatic nitrogens is 3. The fraction of sp³-hybridized carbons (Fsp3) is 0.400. The molecule has 1 aliphatic carbocycles. The number of nitrogens with zero attached hydrogens (tertiary/aromatic N) is 2. The van der Waals surface area contributed by atoms with Crippen LogP contribution < -0.4 is 5.73 Å². The summed E-state index contributed by atoms with van der Waals surface area (Å²) < 4.78 is 1.76. The van der Waals surface area contributed by atoms with Crippen LogP contribution in [0.4, 0.5) is 0 Å². The number of rotatable bonds is 2. The maximum Gasteiger partial charge on any atom is 0.254 e. The van der Waals surface area contributed by atoms with Gasteiger partial charge in [0, 0.05) is 18.3 Å². The molecule has 1 saturated carbocycles. The molecule has 0 radical (unpaired) electrons. The maximum absolute atomic E-state index is 11.4. The van der Waals surface area contributed by atoms with Crippen molar-refractivity contribution in [2.45, 2.75) is 25.2 Å². The second kappa shape index (κ2) is 2.85. The maximum atomic E-state index is 11.4. The molecule has 0 saturated heterocycles. The summed E-state index contributed by atoms with van der Waals surface area (Å²) in [7, 11) is 0. The molecule has 0 aromatic carbocycles. The highest BCUT2D eigenvalue weighted by molar-refractivity contribution is 6.00. The number of fused-ring (bicyclic) bond motifs is 1. The van der Waals surface area contributed by atoms with Gasteiger partial charge in [0.25, 0.3) is 5.91 Å². The average molecular weight is 204 g/mol. The first kappa shape index (κ1) is 8.52. The van der Waals surface area contributed by atoms with E-state index < -0.39 is 5.91 Å². The van der Waals surface area contributed by atoms with Gasteiger partial charge in [-0.2, -0.15) is 0 Å². The Morgan fingerprint density at radius 1 is 1.60 bits per heavy atom. The first-order valence-corrected chi connectivity index (χ1v) is 5.12. The predicted octanol–water partition coefficient (Wildman–Crippen LogP) is 1.03. The zero-order valence-electron chi connectivity index (χ0n) is 8.23. The Bertz CT molecular complexity index is 520. The van der Waals surface area contributed by atoms with Crippen molar-refractivity contribution in [3.63, 3.8) is 0 Å². The van der Waals surface area contributed by atoms with Crippen molar-refractivity contribution in [1.82, 2.24) is 14.6 Å². The lowest BCUT2D eigenvalue weighted by Gasteiger charge is -2.24. The quantitative estimate of drug-likeness (QED) is 0.766. The van der Waals surface area contributed by atoms with E-state index >= 15 is 0 Å². The highest BCUT2D eigenvalue weighted by Crippen LogP contribution is 2.37. The van der Waals surface area contributed by atoms with Crippen molar-refractivity contribution >= 4 is 11.6 Å². The van der Waals surface area contributed by atoms with E-state index in [1.165, 1.54) is 6.42 Å². The minimum absolute atomic E-state index is 0.394. The number of primary amides is 1. The van der Waals surface area contributed by atoms with E-state index in [1.54, 1.807) is 16.9 Å². The van der Waals surface area contributed by atoms with Gasteiger partial charge in [-0.1, -0.05) is 6.42 Å². The van der Waals surface area contributed by atoms with Crippen molar-refractivity contribution in [3.05, 3.63) is 23.7 Å². The summed E-state index contributed by atoms with van der Waals surface area (Å²) in [5.74, 6) is 0.0588. The van der Waals surface area contributed by atoms with Crippen LogP contribution in [0.25, 0.3) is 5.65 Å². The van der Waals surface area contributed by atoms with Crippen LogP contribution in [0.1, 0.15) is 41.2 Å². The molecule has 2 aromatic rings. The zero-order chi connectivity index (χ0) is 10.4. The van der Waals surface area contributed by atoms with Gasteiger partial charge in [0.15, 0.2) is 5.65 Å². The molecule has 78 valence electrons. The van der Waals surface area contributed by atoms with E-state index in [-0.39, 0.29) is 0 Å². The first-order chi connectivity index (χ1) is 7.27. The molecule has 1 amide bonds. The molecule has 0 aliphatic heterocycles. The fourth-order valence-corrected chi connectivity index (χ4v) is 2.12. The molecule has 3 N–H and O–H groups in total. The molecule has 1 fully saturated rings. The number of H-pyrrole nitrogens is 1. The first-order valence-electron chi connectivity index (χ1n) is 5.12. The van der Waals surface area contributed by atoms with E-state index in [1.807, 2.05) is 0 Å². The summed E-state index contributed by atoms with van der Waals surface area (Å²) in [6.07, 6.45) is 6.94. The average Bonchev–Trinajstić information content (AvgIpc) is 2.58. The van der Waals surface area contributed by atoms with Crippen LogP contribution in [-0.2, 0) is 0 Å². The Morgan fingerprint density at radius 3 is 3.00 bits per heavy atom. The van der Waals surface area contributed by atoms with Gasteiger partial charge < -0.3 is 5.73 Å². The van der Waals surface area contributed by atoms with Gasteiger partial charge in [-0.15, -0.1) is 0 Å². The molecular weight excluding hydrogens is 192 g/mol. The summed E-state index contributed by atoms with van der Waals surface area (Å²) in [6, 6.07) is 0. The van der Waals surface area contributed by atoms with E-state index in [0.717, 1.165) is 18.5 Å². The molecule has 1 aliphatic rings.